The number of hydrogen-bond donors (Lipinski definition) is 0. The van der Waals surface area contributed by atoms with E-state index in [1.54, 1.807) is 52.2 Å². The van der Waals surface area contributed by atoms with E-state index in [4.69, 9.17) is 0 Å². The molecule has 8 aromatic carbocycles. The fraction of sp³-hybridized carbons (Fsp3) is 0.455. The summed E-state index contributed by atoms with van der Waals surface area (Å²) in [6.45, 7) is 80.1. The molecule has 0 bridgehead atoms. The summed E-state index contributed by atoms with van der Waals surface area (Å²) in [4.78, 5) is 0. The molecule has 0 aromatic heterocycles. The van der Waals surface area contributed by atoms with E-state index in [9.17, 15) is 65.9 Å². The normalized spacial score (nSPS) is 12.7. The first kappa shape index (κ1) is 105. The Morgan fingerprint density at radius 2 is 0.482 bits per heavy atom. The summed E-state index contributed by atoms with van der Waals surface area (Å²) in [5.41, 5.74) is -1.13. The van der Waals surface area contributed by atoms with Crippen molar-refractivity contribution in [2.75, 3.05) is 0 Å². The number of aryl methyl sites for hydroxylation is 6. The van der Waals surface area contributed by atoms with Crippen LogP contribution in [0.3, 0.4) is 0 Å². The minimum Gasteiger partial charge on any atom is -0.166 e. The van der Waals surface area contributed by atoms with E-state index in [0.29, 0.717) is 19.1 Å². The second-order valence-electron chi connectivity index (χ2n) is 38.7. The molecule has 0 N–H and O–H groups in total. The maximum atomic E-state index is 12.5. The Morgan fingerprint density at radius 3 is 0.786 bits per heavy atom. The van der Waals surface area contributed by atoms with Crippen LogP contribution < -0.4 is 46.7 Å². The lowest BCUT2D eigenvalue weighted by atomic mass is 9.97. The minimum atomic E-state index is -5.30. The Balaban J connectivity index is 0.000000644. The van der Waals surface area contributed by atoms with Crippen LogP contribution in [0.15, 0.2) is 158 Å². The molecule has 8 rings (SSSR count). The van der Waals surface area contributed by atoms with Crippen molar-refractivity contribution in [3.8, 4) is 0 Å². The molecule has 0 unspecified atom stereocenters. The van der Waals surface area contributed by atoms with Crippen molar-refractivity contribution in [3.05, 3.63) is 230 Å². The van der Waals surface area contributed by atoms with Crippen LogP contribution in [0.1, 0.15) is 72.3 Å². The SMILES string of the molecule is Cc1c(C(F)(F)F)cc(C(F)(F)F)cc1C(F)(F)F.Cc1c([Si](C)(C)C)cccc1[Si](C)(C)C.Cc1cc(C(F)(F)F)cc(C(F)(F)F)c1.Cc1cc([Si](C)(C)C)cc([Si](C)(C)C)c1.Cc1ccc([Si](C)(C)C)cc1.Cc1ccc([Si](C)(C)C)cc1[Si](C)(C)C.Cc1cccc([Si](C)(C)C)c1.Cc1ccccc1[Si](C)(C)C. The predicted molar refractivity (Wildman–Crippen MR) is 481 cm³/mol. The van der Waals surface area contributed by atoms with E-state index < -0.39 is 137 Å². The van der Waals surface area contributed by atoms with Crippen molar-refractivity contribution in [2.45, 2.75) is 263 Å². The molecule has 0 aliphatic carbocycles. The quantitative estimate of drug-likeness (QED) is 0.0998. The number of rotatable bonds is 9. The first-order valence-corrected chi connectivity index (χ1v) is 69.4. The fourth-order valence-corrected chi connectivity index (χ4v) is 25.9. The van der Waals surface area contributed by atoms with Gasteiger partial charge < -0.3 is 0 Å². The molecule has 24 heteroatoms. The van der Waals surface area contributed by atoms with Gasteiger partial charge in [-0.05, 0) is 96.8 Å². The molecule has 0 nitrogen and oxygen atoms in total. The number of hydrogen-bond acceptors (Lipinski definition) is 0. The Hall–Kier alpha value is -5.34. The van der Waals surface area contributed by atoms with Crippen LogP contribution >= 0.6 is 0 Å². The summed E-state index contributed by atoms with van der Waals surface area (Å²) in [6.07, 6.45) is -25.4. The van der Waals surface area contributed by atoms with E-state index in [2.05, 4.69) is 346 Å². The standard InChI is InChI=1S/3C13H24Si2.C10H5F9.3C10H16Si.C9H6F6/c1-11-8-12(14(2,3)4)10-13(9-11)15(5,6)7;1-11-8-9-12(14(2,3)4)10-13(11)15(5,6)7;1-11-12(14(2,3)4)9-8-10-13(11)15(5,6)7;1-4-6(9(14,15)16)2-5(8(11,12)13)3-7(4)10(17,18)19;1-9-5-7-10(8-6-9)11(2,3)4;1-9-6-5-7-10(8-9)11(2,3)4;1-9-7-5-6-8-10(9)11(2,3)4;1-5-2-6(8(10,11)12)4-7(3-5)9(13,14)15/h3*8-10H,1-7H3;2-3H,1H3;3*5-8H,1-4H3;2-4H,1H3. The molecule has 0 saturated carbocycles. The van der Waals surface area contributed by atoms with Gasteiger partial charge in [-0.3, -0.25) is 0 Å². The third-order valence-corrected chi connectivity index (χ3v) is 37.3. The number of alkyl halides is 15. The van der Waals surface area contributed by atoms with Gasteiger partial charge in [-0.15, -0.1) is 0 Å². The monoisotopic (exact) mass is 1720 g/mol. The lowest BCUT2D eigenvalue weighted by Crippen LogP contribution is -2.48. The summed E-state index contributed by atoms with van der Waals surface area (Å²) in [5.74, 6) is 0. The zero-order valence-electron chi connectivity index (χ0n) is 73.7. The Labute approximate surface area is 673 Å². The van der Waals surface area contributed by atoms with E-state index in [1.165, 1.54) is 34.7 Å². The highest BCUT2D eigenvalue weighted by atomic mass is 28.3. The van der Waals surface area contributed by atoms with Gasteiger partial charge in [0.25, 0.3) is 0 Å². The van der Waals surface area contributed by atoms with E-state index in [1.807, 2.05) is 0 Å². The third kappa shape index (κ3) is 36.0. The molecule has 0 spiro atoms. The number of halogens is 15. The summed E-state index contributed by atoms with van der Waals surface area (Å²) < 4.78 is 185. The Bertz CT molecular complexity index is 4070. The Morgan fingerprint density at radius 1 is 0.188 bits per heavy atom. The largest absolute Gasteiger partial charge is 0.416 e. The number of benzene rings is 8. The summed E-state index contributed by atoms with van der Waals surface area (Å²) in [6, 6.07) is 48.7. The molecule has 0 fully saturated rings. The average Bonchev–Trinajstić information content (AvgIpc) is 0.765. The second-order valence-corrected chi connectivity index (χ2v) is 84.2. The van der Waals surface area contributed by atoms with Crippen LogP contribution in [0.4, 0.5) is 65.9 Å². The topological polar surface area (TPSA) is 0 Å². The van der Waals surface area contributed by atoms with Crippen LogP contribution in [0, 0.1) is 55.4 Å². The molecule has 624 valence electrons. The van der Waals surface area contributed by atoms with Gasteiger partial charge in [0.15, 0.2) is 0 Å². The van der Waals surface area contributed by atoms with Gasteiger partial charge in [0.1, 0.15) is 0 Å². The molecular formula is C88H131F15Si9. The van der Waals surface area contributed by atoms with Crippen LogP contribution in [-0.2, 0) is 30.9 Å². The maximum Gasteiger partial charge on any atom is 0.416 e. The van der Waals surface area contributed by atoms with Crippen molar-refractivity contribution in [1.29, 1.82) is 0 Å². The molecule has 0 saturated heterocycles. The molecule has 8 aromatic rings. The lowest BCUT2D eigenvalue weighted by Gasteiger charge is -2.26. The van der Waals surface area contributed by atoms with Crippen molar-refractivity contribution < 1.29 is 65.9 Å². The molecule has 112 heavy (non-hydrogen) atoms. The maximum absolute atomic E-state index is 12.5. The molecule has 0 atom stereocenters. The van der Waals surface area contributed by atoms with Gasteiger partial charge in [-0.1, -0.05) is 384 Å². The van der Waals surface area contributed by atoms with Gasteiger partial charge >= 0.3 is 30.9 Å². The first-order chi connectivity index (χ1) is 49.7. The predicted octanol–water partition coefficient (Wildman–Crippen LogP) is 26.0. The minimum absolute atomic E-state index is 0.0721. The van der Waals surface area contributed by atoms with E-state index >= 15 is 0 Å². The molecule has 0 radical (unpaired) electrons. The van der Waals surface area contributed by atoms with E-state index in [0.717, 1.165) is 0 Å². The zero-order chi connectivity index (χ0) is 88.1. The van der Waals surface area contributed by atoms with Gasteiger partial charge in [-0.2, -0.15) is 65.9 Å². The average molecular weight is 1730 g/mol. The fourth-order valence-electron chi connectivity index (χ4n) is 12.0. The highest BCUT2D eigenvalue weighted by molar-refractivity contribution is 6.94. The van der Waals surface area contributed by atoms with Crippen LogP contribution in [0.2, 0.25) is 177 Å². The highest BCUT2D eigenvalue weighted by Gasteiger charge is 2.44. The van der Waals surface area contributed by atoms with Crippen LogP contribution in [0.5, 0.6) is 0 Å². The summed E-state index contributed by atoms with van der Waals surface area (Å²) in [5, 5.41) is 14.4. The van der Waals surface area contributed by atoms with Crippen molar-refractivity contribution in [3.63, 3.8) is 0 Å². The summed E-state index contributed by atoms with van der Waals surface area (Å²) >= 11 is 0. The molecular weight excluding hydrogens is 1590 g/mol. The Kier molecular flexibility index (Phi) is 37.1. The van der Waals surface area contributed by atoms with Crippen LogP contribution in [0.25, 0.3) is 0 Å². The van der Waals surface area contributed by atoms with Crippen molar-refractivity contribution in [2.24, 2.45) is 0 Å². The first-order valence-electron chi connectivity index (χ1n) is 37.9. The van der Waals surface area contributed by atoms with Gasteiger partial charge in [0.05, 0.1) is 100 Å². The van der Waals surface area contributed by atoms with Gasteiger partial charge in [-0.25, -0.2) is 0 Å². The smallest absolute Gasteiger partial charge is 0.166 e. The molecule has 0 aliphatic heterocycles. The third-order valence-electron chi connectivity index (χ3n) is 18.5. The molecule has 0 heterocycles. The lowest BCUT2D eigenvalue weighted by molar-refractivity contribution is -0.149. The van der Waals surface area contributed by atoms with Crippen molar-refractivity contribution >= 4 is 119 Å². The second kappa shape index (κ2) is 39.7. The van der Waals surface area contributed by atoms with Gasteiger partial charge in [0, 0.05) is 0 Å². The zero-order valence-corrected chi connectivity index (χ0v) is 82.7. The molecule has 0 amide bonds. The van der Waals surface area contributed by atoms with E-state index in [-0.39, 0.29) is 23.8 Å². The van der Waals surface area contributed by atoms with Crippen LogP contribution in [-0.4, -0.2) is 72.7 Å². The van der Waals surface area contributed by atoms with Gasteiger partial charge in [0.2, 0.25) is 0 Å². The summed E-state index contributed by atoms with van der Waals surface area (Å²) in [7, 11) is -10.1. The molecule has 0 aliphatic rings. The van der Waals surface area contributed by atoms with Crippen molar-refractivity contribution in [1.82, 2.24) is 0 Å². The highest BCUT2D eigenvalue weighted by Crippen LogP contribution is 2.43.